The van der Waals surface area contributed by atoms with Crippen LogP contribution < -0.4 is 5.32 Å². The minimum absolute atomic E-state index is 0.721. The molecule has 0 radical (unpaired) electrons. The number of nitrogens with one attached hydrogen (secondary N) is 1. The van der Waals surface area contributed by atoms with Gasteiger partial charge in [-0.15, -0.1) is 0 Å². The monoisotopic (exact) mass is 223 g/mol. The van der Waals surface area contributed by atoms with Crippen molar-refractivity contribution in [2.75, 3.05) is 33.2 Å². The summed E-state index contributed by atoms with van der Waals surface area (Å²) < 4.78 is 0. The molecule has 0 aromatic rings. The number of unbranched alkanes of at least 4 members (excludes halogenated alkanes) is 2. The first kappa shape index (κ1) is 13.5. The van der Waals surface area contributed by atoms with Gasteiger partial charge in [0.1, 0.15) is 0 Å². The van der Waals surface area contributed by atoms with Gasteiger partial charge in [-0.25, -0.2) is 0 Å². The van der Waals surface area contributed by atoms with Gasteiger partial charge >= 0.3 is 0 Å². The van der Waals surface area contributed by atoms with Crippen molar-refractivity contribution in [3.63, 3.8) is 0 Å². The predicted octanol–water partition coefficient (Wildman–Crippen LogP) is 2.00. The normalized spacial score (nSPS) is 18.5. The van der Waals surface area contributed by atoms with Crippen LogP contribution in [0.4, 0.5) is 0 Å². The van der Waals surface area contributed by atoms with Crippen molar-refractivity contribution >= 4 is 0 Å². The van der Waals surface area contributed by atoms with Crippen LogP contribution in [0.1, 0.15) is 38.5 Å². The standard InChI is InChI=1S/C13H25N3/c1-15-9-5-13-6-11-16(12-7-13)10-4-2-3-8-14/h13,15H,2-7,9-12H2,1H3. The Bertz CT molecular complexity index is 202. The molecule has 1 rings (SSSR count). The largest absolute Gasteiger partial charge is 0.320 e. The van der Waals surface area contributed by atoms with E-state index in [1.165, 1.54) is 45.3 Å². The smallest absolute Gasteiger partial charge is 0.0621 e. The van der Waals surface area contributed by atoms with E-state index in [1.54, 1.807) is 0 Å². The molecular formula is C13H25N3. The topological polar surface area (TPSA) is 39.1 Å². The number of hydrogen-bond donors (Lipinski definition) is 1. The summed E-state index contributed by atoms with van der Waals surface area (Å²) in [6.45, 7) is 4.88. The van der Waals surface area contributed by atoms with E-state index in [9.17, 15) is 0 Å². The van der Waals surface area contributed by atoms with E-state index in [0.717, 1.165) is 25.3 Å². The van der Waals surface area contributed by atoms with E-state index in [0.29, 0.717) is 0 Å². The number of nitrogens with zero attached hydrogens (tertiary/aromatic N) is 2. The average Bonchev–Trinajstić information content (AvgIpc) is 2.33. The van der Waals surface area contributed by atoms with E-state index in [1.807, 2.05) is 7.05 Å². The highest BCUT2D eigenvalue weighted by atomic mass is 15.1. The highest BCUT2D eigenvalue weighted by Crippen LogP contribution is 2.20. The van der Waals surface area contributed by atoms with Crippen LogP contribution in [0.3, 0.4) is 0 Å². The number of rotatable bonds is 7. The number of piperidine rings is 1. The van der Waals surface area contributed by atoms with E-state index >= 15 is 0 Å². The summed E-state index contributed by atoms with van der Waals surface area (Å²) >= 11 is 0. The van der Waals surface area contributed by atoms with Crippen molar-refractivity contribution in [3.8, 4) is 6.07 Å². The molecule has 3 nitrogen and oxygen atoms in total. The maximum Gasteiger partial charge on any atom is 0.0621 e. The zero-order valence-electron chi connectivity index (χ0n) is 10.5. The lowest BCUT2D eigenvalue weighted by Gasteiger charge is -2.31. The predicted molar refractivity (Wildman–Crippen MR) is 67.2 cm³/mol. The second-order valence-corrected chi connectivity index (χ2v) is 4.79. The number of nitriles is 1. The van der Waals surface area contributed by atoms with E-state index < -0.39 is 0 Å². The van der Waals surface area contributed by atoms with Crippen LogP contribution in [0.5, 0.6) is 0 Å². The molecule has 3 heteroatoms. The molecule has 0 aromatic carbocycles. The molecule has 16 heavy (non-hydrogen) atoms. The first-order chi connectivity index (χ1) is 7.86. The van der Waals surface area contributed by atoms with Crippen LogP contribution in [0, 0.1) is 17.2 Å². The van der Waals surface area contributed by atoms with Gasteiger partial charge in [0.25, 0.3) is 0 Å². The summed E-state index contributed by atoms with van der Waals surface area (Å²) in [5, 5.41) is 11.7. The van der Waals surface area contributed by atoms with Gasteiger partial charge < -0.3 is 10.2 Å². The van der Waals surface area contributed by atoms with Crippen LogP contribution in [-0.2, 0) is 0 Å². The molecule has 0 saturated carbocycles. The van der Waals surface area contributed by atoms with Crippen LogP contribution >= 0.6 is 0 Å². The first-order valence-corrected chi connectivity index (χ1v) is 6.60. The lowest BCUT2D eigenvalue weighted by molar-refractivity contribution is 0.177. The molecule has 0 atom stereocenters. The van der Waals surface area contributed by atoms with E-state index in [-0.39, 0.29) is 0 Å². The second kappa shape index (κ2) is 8.55. The minimum atomic E-state index is 0.721. The Kier molecular flexibility index (Phi) is 7.20. The van der Waals surface area contributed by atoms with Crippen LogP contribution in [0.2, 0.25) is 0 Å². The zero-order chi connectivity index (χ0) is 11.6. The van der Waals surface area contributed by atoms with Gasteiger partial charge in [-0.1, -0.05) is 0 Å². The third-order valence-electron chi connectivity index (χ3n) is 3.52. The number of hydrogen-bond acceptors (Lipinski definition) is 3. The number of likely N-dealkylation sites (tertiary alicyclic amines) is 1. The lowest BCUT2D eigenvalue weighted by Crippen LogP contribution is -2.35. The third kappa shape index (κ3) is 5.48. The van der Waals surface area contributed by atoms with Gasteiger partial charge in [0.2, 0.25) is 0 Å². The Morgan fingerprint density at radius 1 is 1.31 bits per heavy atom. The Morgan fingerprint density at radius 3 is 2.69 bits per heavy atom. The van der Waals surface area contributed by atoms with Crippen LogP contribution in [0.15, 0.2) is 0 Å². The second-order valence-electron chi connectivity index (χ2n) is 4.79. The quantitative estimate of drug-likeness (QED) is 0.671. The van der Waals surface area contributed by atoms with Gasteiger partial charge in [-0.05, 0) is 71.2 Å². The molecule has 1 saturated heterocycles. The van der Waals surface area contributed by atoms with Gasteiger partial charge in [-0.3, -0.25) is 0 Å². The first-order valence-electron chi connectivity index (χ1n) is 6.60. The van der Waals surface area contributed by atoms with Crippen LogP contribution in [0.25, 0.3) is 0 Å². The van der Waals surface area contributed by atoms with Crippen LogP contribution in [-0.4, -0.2) is 38.1 Å². The highest BCUT2D eigenvalue weighted by Gasteiger charge is 2.17. The fraction of sp³-hybridized carbons (Fsp3) is 0.923. The maximum absolute atomic E-state index is 8.45. The molecular weight excluding hydrogens is 198 g/mol. The van der Waals surface area contributed by atoms with Crippen molar-refractivity contribution in [1.29, 1.82) is 5.26 Å². The minimum Gasteiger partial charge on any atom is -0.320 e. The van der Waals surface area contributed by atoms with Gasteiger partial charge in [0.05, 0.1) is 6.07 Å². The van der Waals surface area contributed by atoms with Crippen molar-refractivity contribution in [3.05, 3.63) is 0 Å². The Hall–Kier alpha value is -0.590. The molecule has 1 aliphatic rings. The highest BCUT2D eigenvalue weighted by molar-refractivity contribution is 4.74. The van der Waals surface area contributed by atoms with E-state index in [4.69, 9.17) is 5.26 Å². The molecule has 1 fully saturated rings. The molecule has 1 N–H and O–H groups in total. The summed E-state index contributed by atoms with van der Waals surface area (Å²) in [6.07, 6.45) is 7.03. The lowest BCUT2D eigenvalue weighted by atomic mass is 9.93. The summed E-state index contributed by atoms with van der Waals surface area (Å²) in [5.74, 6) is 0.933. The van der Waals surface area contributed by atoms with Crippen molar-refractivity contribution < 1.29 is 0 Å². The average molecular weight is 223 g/mol. The van der Waals surface area contributed by atoms with Crippen molar-refractivity contribution in [2.24, 2.45) is 5.92 Å². The molecule has 0 bridgehead atoms. The SMILES string of the molecule is CNCCC1CCN(CCCCC#N)CC1. The zero-order valence-corrected chi connectivity index (χ0v) is 10.5. The summed E-state index contributed by atoms with van der Waals surface area (Å²) in [5.41, 5.74) is 0. The molecule has 0 amide bonds. The third-order valence-corrected chi connectivity index (χ3v) is 3.52. The molecule has 0 aromatic heterocycles. The molecule has 0 unspecified atom stereocenters. The summed E-state index contributed by atoms with van der Waals surface area (Å²) in [7, 11) is 2.03. The Labute approximate surface area is 99.8 Å². The maximum atomic E-state index is 8.45. The van der Waals surface area contributed by atoms with Gasteiger partial charge in [0, 0.05) is 6.42 Å². The van der Waals surface area contributed by atoms with Crippen molar-refractivity contribution in [1.82, 2.24) is 10.2 Å². The Balaban J connectivity index is 2.01. The summed E-state index contributed by atoms with van der Waals surface area (Å²) in [6, 6.07) is 2.21. The fourth-order valence-electron chi connectivity index (χ4n) is 2.39. The molecule has 1 heterocycles. The fourth-order valence-corrected chi connectivity index (χ4v) is 2.39. The molecule has 92 valence electrons. The summed E-state index contributed by atoms with van der Waals surface area (Å²) in [4.78, 5) is 2.56. The Morgan fingerprint density at radius 2 is 2.06 bits per heavy atom. The molecule has 1 aliphatic heterocycles. The van der Waals surface area contributed by atoms with Gasteiger partial charge in [0.15, 0.2) is 0 Å². The van der Waals surface area contributed by atoms with E-state index in [2.05, 4.69) is 16.3 Å². The molecule has 0 aliphatic carbocycles. The van der Waals surface area contributed by atoms with Crippen molar-refractivity contribution in [2.45, 2.75) is 38.5 Å². The molecule has 0 spiro atoms. The van der Waals surface area contributed by atoms with Gasteiger partial charge in [-0.2, -0.15) is 5.26 Å².